The molecule has 4 heteroatoms. The Morgan fingerprint density at radius 2 is 1.89 bits per heavy atom. The summed E-state index contributed by atoms with van der Waals surface area (Å²) in [5, 5.41) is 0. The van der Waals surface area contributed by atoms with Gasteiger partial charge in [0.05, 0.1) is 13.5 Å². The number of carbonyl (C=O) groups excluding carboxylic acids is 1. The summed E-state index contributed by atoms with van der Waals surface area (Å²) in [5.41, 5.74) is 5.83. The molecule has 1 aromatic heterocycles. The molecule has 19 heavy (non-hydrogen) atoms. The lowest BCUT2D eigenvalue weighted by Gasteiger charge is -2.11. The van der Waals surface area contributed by atoms with Crippen LogP contribution in [0.25, 0.3) is 0 Å². The van der Waals surface area contributed by atoms with E-state index < -0.39 is 0 Å². The number of rotatable bonds is 4. The maximum absolute atomic E-state index is 12.0. The maximum Gasteiger partial charge on any atom is 0.243 e. The third-order valence-electron chi connectivity index (χ3n) is 3.01. The molecule has 0 radical (unpaired) electrons. The van der Waals surface area contributed by atoms with Crippen LogP contribution in [-0.2, 0) is 11.2 Å². The van der Waals surface area contributed by atoms with E-state index in [0.717, 1.165) is 22.7 Å². The van der Waals surface area contributed by atoms with Crippen molar-refractivity contribution in [3.8, 4) is 5.75 Å². The minimum atomic E-state index is -0.0457. The molecule has 0 saturated carbocycles. The largest absolute Gasteiger partial charge is 0.497 e. The molecular formula is C15H18N2O2. The van der Waals surface area contributed by atoms with Crippen LogP contribution >= 0.6 is 0 Å². The number of carbonyl (C=O) groups is 1. The van der Waals surface area contributed by atoms with Crippen molar-refractivity contribution >= 4 is 5.91 Å². The molecule has 1 aromatic carbocycles. The van der Waals surface area contributed by atoms with Gasteiger partial charge in [-0.25, -0.2) is 0 Å². The highest BCUT2D eigenvalue weighted by Crippen LogP contribution is 2.13. The molecule has 1 N–H and O–H groups in total. The maximum atomic E-state index is 12.0. The minimum Gasteiger partial charge on any atom is -0.497 e. The third kappa shape index (κ3) is 3.16. The highest BCUT2D eigenvalue weighted by Gasteiger charge is 2.07. The topological polar surface area (TPSA) is 43.3 Å². The van der Waals surface area contributed by atoms with Crippen LogP contribution in [-0.4, -0.2) is 17.7 Å². The first-order valence-corrected chi connectivity index (χ1v) is 6.18. The Bertz CT molecular complexity index is 568. The van der Waals surface area contributed by atoms with Crippen LogP contribution in [0.15, 0.2) is 36.4 Å². The van der Waals surface area contributed by atoms with E-state index in [4.69, 9.17) is 4.74 Å². The zero-order chi connectivity index (χ0) is 13.8. The first-order chi connectivity index (χ1) is 9.10. The van der Waals surface area contributed by atoms with E-state index in [9.17, 15) is 4.79 Å². The van der Waals surface area contributed by atoms with Gasteiger partial charge in [0.1, 0.15) is 5.75 Å². The lowest BCUT2D eigenvalue weighted by atomic mass is 10.1. The van der Waals surface area contributed by atoms with Crippen LogP contribution in [0.4, 0.5) is 0 Å². The monoisotopic (exact) mass is 258 g/mol. The molecule has 0 unspecified atom stereocenters. The number of nitrogens with zero attached hydrogens (tertiary/aromatic N) is 1. The Morgan fingerprint density at radius 1 is 1.21 bits per heavy atom. The molecule has 1 heterocycles. The Morgan fingerprint density at radius 3 is 2.53 bits per heavy atom. The molecule has 1 amide bonds. The number of nitrogens with one attached hydrogen (secondary N) is 1. The summed E-state index contributed by atoms with van der Waals surface area (Å²) in [5.74, 6) is 0.717. The average Bonchev–Trinajstić information content (AvgIpc) is 2.71. The van der Waals surface area contributed by atoms with E-state index in [-0.39, 0.29) is 5.91 Å². The SMILES string of the molecule is COc1cccc(CC(=O)Nn2c(C)ccc2C)c1. The fraction of sp³-hybridized carbons (Fsp3) is 0.267. The van der Waals surface area contributed by atoms with Crippen molar-refractivity contribution in [2.45, 2.75) is 20.3 Å². The van der Waals surface area contributed by atoms with Gasteiger partial charge in [-0.05, 0) is 43.7 Å². The molecule has 2 rings (SSSR count). The standard InChI is InChI=1S/C15H18N2O2/c1-11-7-8-12(2)17(11)16-15(18)10-13-5-4-6-14(9-13)19-3/h4-9H,10H2,1-3H3,(H,16,18). The van der Waals surface area contributed by atoms with Crippen LogP contribution in [0.2, 0.25) is 0 Å². The minimum absolute atomic E-state index is 0.0457. The fourth-order valence-corrected chi connectivity index (χ4v) is 1.98. The van der Waals surface area contributed by atoms with Gasteiger partial charge in [-0.3, -0.25) is 14.9 Å². The quantitative estimate of drug-likeness (QED) is 0.915. The van der Waals surface area contributed by atoms with Gasteiger partial charge in [0.25, 0.3) is 0 Å². The highest BCUT2D eigenvalue weighted by molar-refractivity contribution is 5.86. The van der Waals surface area contributed by atoms with E-state index in [0.29, 0.717) is 6.42 Å². The van der Waals surface area contributed by atoms with Crippen molar-refractivity contribution in [1.29, 1.82) is 0 Å². The average molecular weight is 258 g/mol. The van der Waals surface area contributed by atoms with E-state index in [1.165, 1.54) is 0 Å². The second kappa shape index (κ2) is 5.61. The molecule has 0 atom stereocenters. The summed E-state index contributed by atoms with van der Waals surface area (Å²) >= 11 is 0. The van der Waals surface area contributed by atoms with Gasteiger partial charge in [-0.1, -0.05) is 12.1 Å². The number of ether oxygens (including phenoxy) is 1. The fourth-order valence-electron chi connectivity index (χ4n) is 1.98. The van der Waals surface area contributed by atoms with Crippen LogP contribution in [0, 0.1) is 13.8 Å². The number of hydrogen-bond donors (Lipinski definition) is 1. The molecule has 0 bridgehead atoms. The molecule has 0 saturated heterocycles. The number of methoxy groups -OCH3 is 1. The van der Waals surface area contributed by atoms with Gasteiger partial charge in [-0.15, -0.1) is 0 Å². The third-order valence-corrected chi connectivity index (χ3v) is 3.01. The normalized spacial score (nSPS) is 10.3. The molecule has 0 spiro atoms. The van der Waals surface area contributed by atoms with E-state index >= 15 is 0 Å². The van der Waals surface area contributed by atoms with E-state index in [2.05, 4.69) is 5.43 Å². The zero-order valence-corrected chi connectivity index (χ0v) is 11.4. The van der Waals surface area contributed by atoms with E-state index in [1.807, 2.05) is 50.2 Å². The predicted octanol–water partition coefficient (Wildman–Crippen LogP) is 2.43. The molecule has 4 nitrogen and oxygen atoms in total. The van der Waals surface area contributed by atoms with Gasteiger partial charge in [-0.2, -0.15) is 0 Å². The van der Waals surface area contributed by atoms with Crippen molar-refractivity contribution in [3.05, 3.63) is 53.3 Å². The zero-order valence-electron chi connectivity index (χ0n) is 11.4. The molecule has 0 aliphatic carbocycles. The molecule has 0 fully saturated rings. The van der Waals surface area contributed by atoms with Crippen molar-refractivity contribution in [3.63, 3.8) is 0 Å². The highest BCUT2D eigenvalue weighted by atomic mass is 16.5. The van der Waals surface area contributed by atoms with Gasteiger partial charge >= 0.3 is 0 Å². The number of benzene rings is 1. The van der Waals surface area contributed by atoms with Gasteiger partial charge < -0.3 is 4.74 Å². The second-order valence-electron chi connectivity index (χ2n) is 4.51. The van der Waals surface area contributed by atoms with Crippen molar-refractivity contribution in [2.24, 2.45) is 0 Å². The molecular weight excluding hydrogens is 240 g/mol. The van der Waals surface area contributed by atoms with E-state index in [1.54, 1.807) is 11.8 Å². The first kappa shape index (κ1) is 13.2. The van der Waals surface area contributed by atoms with Crippen LogP contribution < -0.4 is 10.2 Å². The summed E-state index contributed by atoms with van der Waals surface area (Å²) in [6.07, 6.45) is 0.328. The van der Waals surface area contributed by atoms with Crippen molar-refractivity contribution < 1.29 is 9.53 Å². The Labute approximate surface area is 113 Å². The Balaban J connectivity index is 2.05. The van der Waals surface area contributed by atoms with Crippen molar-refractivity contribution in [1.82, 2.24) is 4.68 Å². The molecule has 2 aromatic rings. The number of hydrogen-bond acceptors (Lipinski definition) is 2. The van der Waals surface area contributed by atoms with Crippen LogP contribution in [0.5, 0.6) is 5.75 Å². The lowest BCUT2D eigenvalue weighted by molar-refractivity contribution is -0.116. The smallest absolute Gasteiger partial charge is 0.243 e. The summed E-state index contributed by atoms with van der Waals surface area (Å²) in [4.78, 5) is 12.0. The summed E-state index contributed by atoms with van der Waals surface area (Å²) in [6.45, 7) is 3.91. The van der Waals surface area contributed by atoms with Gasteiger partial charge in [0.2, 0.25) is 5.91 Å². The van der Waals surface area contributed by atoms with Gasteiger partial charge in [0, 0.05) is 11.4 Å². The predicted molar refractivity (Wildman–Crippen MR) is 75.0 cm³/mol. The number of amides is 1. The summed E-state index contributed by atoms with van der Waals surface area (Å²) in [6, 6.07) is 11.5. The van der Waals surface area contributed by atoms with Gasteiger partial charge in [0.15, 0.2) is 0 Å². The Hall–Kier alpha value is -2.23. The molecule has 0 aliphatic rings. The summed E-state index contributed by atoms with van der Waals surface area (Å²) < 4.78 is 6.94. The van der Waals surface area contributed by atoms with Crippen LogP contribution in [0.3, 0.4) is 0 Å². The second-order valence-corrected chi connectivity index (χ2v) is 4.51. The summed E-state index contributed by atoms with van der Waals surface area (Å²) in [7, 11) is 1.62. The molecule has 100 valence electrons. The lowest BCUT2D eigenvalue weighted by Crippen LogP contribution is -2.26. The number of aromatic nitrogens is 1. The Kier molecular flexibility index (Phi) is 3.90. The van der Waals surface area contributed by atoms with Crippen LogP contribution in [0.1, 0.15) is 17.0 Å². The first-order valence-electron chi connectivity index (χ1n) is 6.18. The van der Waals surface area contributed by atoms with Crippen molar-refractivity contribution in [2.75, 3.05) is 12.5 Å². The number of aryl methyl sites for hydroxylation is 2. The molecule has 0 aliphatic heterocycles.